The summed E-state index contributed by atoms with van der Waals surface area (Å²) in [5.41, 5.74) is 3.86. The Bertz CT molecular complexity index is 1270. The second-order valence-corrected chi connectivity index (χ2v) is 8.55. The van der Waals surface area contributed by atoms with Crippen molar-refractivity contribution in [1.29, 1.82) is 0 Å². The van der Waals surface area contributed by atoms with Crippen LogP contribution in [0.2, 0.25) is 0 Å². The number of hydrogen-bond acceptors (Lipinski definition) is 3. The molecule has 0 spiro atoms. The van der Waals surface area contributed by atoms with Crippen molar-refractivity contribution in [2.24, 2.45) is 0 Å². The molecule has 6 heteroatoms. The number of nitrogens with zero attached hydrogens (tertiary/aromatic N) is 3. The lowest BCUT2D eigenvalue weighted by Gasteiger charge is -2.36. The van der Waals surface area contributed by atoms with E-state index in [0.29, 0.717) is 13.1 Å². The molecule has 0 saturated carbocycles. The fourth-order valence-electron chi connectivity index (χ4n) is 4.54. The van der Waals surface area contributed by atoms with Gasteiger partial charge in [0.1, 0.15) is 6.54 Å². The molecule has 1 amide bonds. The minimum absolute atomic E-state index is 0.0261. The molecule has 0 radical (unpaired) electrons. The van der Waals surface area contributed by atoms with Gasteiger partial charge in [-0.15, -0.1) is 11.3 Å². The number of para-hydroxylation sites is 2. The van der Waals surface area contributed by atoms with Crippen LogP contribution in [0, 0.1) is 0 Å². The Labute approximate surface area is 178 Å². The van der Waals surface area contributed by atoms with E-state index < -0.39 is 0 Å². The quantitative estimate of drug-likeness (QED) is 0.503. The maximum Gasteiger partial charge on any atom is 0.329 e. The van der Waals surface area contributed by atoms with E-state index in [9.17, 15) is 9.59 Å². The Morgan fingerprint density at radius 3 is 2.43 bits per heavy atom. The average molecular weight is 418 g/mol. The molecule has 1 atom stereocenters. The fraction of sp³-hybridized carbons (Fsp3) is 0.250. The first-order valence-corrected chi connectivity index (χ1v) is 11.2. The van der Waals surface area contributed by atoms with Gasteiger partial charge in [-0.25, -0.2) is 4.79 Å². The molecule has 0 unspecified atom stereocenters. The summed E-state index contributed by atoms with van der Waals surface area (Å²) in [5, 5.41) is 2.11. The van der Waals surface area contributed by atoms with Crippen LogP contribution in [0.15, 0.2) is 70.8 Å². The van der Waals surface area contributed by atoms with Crippen molar-refractivity contribution in [2.45, 2.75) is 32.5 Å². The smallest absolute Gasteiger partial charge is 0.329 e. The van der Waals surface area contributed by atoms with E-state index in [1.807, 2.05) is 54.3 Å². The third kappa shape index (κ3) is 2.99. The average Bonchev–Trinajstić information content (AvgIpc) is 3.36. The van der Waals surface area contributed by atoms with Crippen molar-refractivity contribution >= 4 is 28.3 Å². The summed E-state index contributed by atoms with van der Waals surface area (Å²) < 4.78 is 3.34. The zero-order valence-electron chi connectivity index (χ0n) is 16.8. The second kappa shape index (κ2) is 7.61. The topological polar surface area (TPSA) is 47.2 Å². The number of aryl methyl sites for hydroxylation is 1. The van der Waals surface area contributed by atoms with Gasteiger partial charge < -0.3 is 4.90 Å². The number of aromatic nitrogens is 2. The lowest BCUT2D eigenvalue weighted by Crippen LogP contribution is -2.43. The fourth-order valence-corrected chi connectivity index (χ4v) is 5.44. The molecule has 152 valence electrons. The summed E-state index contributed by atoms with van der Waals surface area (Å²) in [6.45, 7) is 3.24. The third-order valence-corrected chi connectivity index (χ3v) is 6.93. The molecule has 1 aliphatic heterocycles. The van der Waals surface area contributed by atoms with E-state index >= 15 is 0 Å². The maximum absolute atomic E-state index is 13.5. The van der Waals surface area contributed by atoms with Gasteiger partial charge in [0.2, 0.25) is 5.91 Å². The highest BCUT2D eigenvalue weighted by molar-refractivity contribution is 7.10. The molecule has 2 aromatic carbocycles. The SMILES string of the molecule is CCn1c(=O)n(CC(=O)N2CCc3sccc3[C@H]2c2ccccc2)c2ccccc21. The molecule has 5 rings (SSSR count). The van der Waals surface area contributed by atoms with Gasteiger partial charge in [-0.2, -0.15) is 0 Å². The van der Waals surface area contributed by atoms with Crippen LogP contribution in [0.25, 0.3) is 11.0 Å². The molecule has 0 saturated heterocycles. The molecule has 0 bridgehead atoms. The monoisotopic (exact) mass is 417 g/mol. The number of rotatable bonds is 4. The van der Waals surface area contributed by atoms with Gasteiger partial charge in [-0.1, -0.05) is 42.5 Å². The summed E-state index contributed by atoms with van der Waals surface area (Å²) in [4.78, 5) is 29.8. The third-order valence-electron chi connectivity index (χ3n) is 5.94. The second-order valence-electron chi connectivity index (χ2n) is 7.55. The van der Waals surface area contributed by atoms with Gasteiger partial charge in [-0.05, 0) is 48.1 Å². The largest absolute Gasteiger partial charge is 0.330 e. The van der Waals surface area contributed by atoms with Crippen molar-refractivity contribution in [3.8, 4) is 0 Å². The number of benzene rings is 2. The Balaban J connectivity index is 1.55. The molecule has 30 heavy (non-hydrogen) atoms. The Morgan fingerprint density at radius 2 is 1.70 bits per heavy atom. The molecule has 5 nitrogen and oxygen atoms in total. The van der Waals surface area contributed by atoms with Crippen molar-refractivity contribution in [1.82, 2.24) is 14.0 Å². The number of fused-ring (bicyclic) bond motifs is 2. The normalized spacial score (nSPS) is 16.0. The summed E-state index contributed by atoms with van der Waals surface area (Å²) in [6, 6.07) is 19.9. The Hall–Kier alpha value is -3.12. The highest BCUT2D eigenvalue weighted by Gasteiger charge is 2.33. The number of amides is 1. The van der Waals surface area contributed by atoms with Gasteiger partial charge in [0.05, 0.1) is 17.1 Å². The van der Waals surface area contributed by atoms with Gasteiger partial charge >= 0.3 is 5.69 Å². The molecule has 4 aromatic rings. The van der Waals surface area contributed by atoms with Gasteiger partial charge in [0.15, 0.2) is 0 Å². The molecule has 0 aliphatic carbocycles. The zero-order valence-corrected chi connectivity index (χ0v) is 17.6. The lowest BCUT2D eigenvalue weighted by molar-refractivity contribution is -0.133. The van der Waals surface area contributed by atoms with Gasteiger partial charge in [0.25, 0.3) is 0 Å². The van der Waals surface area contributed by atoms with Crippen LogP contribution in [-0.4, -0.2) is 26.5 Å². The van der Waals surface area contributed by atoms with Crippen molar-refractivity contribution in [3.63, 3.8) is 0 Å². The lowest BCUT2D eigenvalue weighted by atomic mass is 9.93. The van der Waals surface area contributed by atoms with Crippen LogP contribution in [0.4, 0.5) is 0 Å². The first-order valence-electron chi connectivity index (χ1n) is 10.3. The minimum atomic E-state index is -0.128. The summed E-state index contributed by atoms with van der Waals surface area (Å²) >= 11 is 1.76. The highest BCUT2D eigenvalue weighted by atomic mass is 32.1. The number of thiophene rings is 1. The summed E-state index contributed by atoms with van der Waals surface area (Å²) in [5.74, 6) is -0.0261. The van der Waals surface area contributed by atoms with E-state index in [-0.39, 0.29) is 24.2 Å². The van der Waals surface area contributed by atoms with E-state index in [1.54, 1.807) is 20.5 Å². The summed E-state index contributed by atoms with van der Waals surface area (Å²) in [6.07, 6.45) is 0.855. The Kier molecular flexibility index (Phi) is 4.79. The van der Waals surface area contributed by atoms with E-state index in [0.717, 1.165) is 23.0 Å². The Morgan fingerprint density at radius 1 is 1.00 bits per heavy atom. The van der Waals surface area contributed by atoms with Gasteiger partial charge in [0, 0.05) is 18.0 Å². The highest BCUT2D eigenvalue weighted by Crippen LogP contribution is 2.37. The van der Waals surface area contributed by atoms with Crippen LogP contribution in [0.1, 0.15) is 29.0 Å². The van der Waals surface area contributed by atoms with Crippen molar-refractivity contribution in [3.05, 3.63) is 92.5 Å². The predicted molar refractivity (Wildman–Crippen MR) is 120 cm³/mol. The van der Waals surface area contributed by atoms with Crippen LogP contribution in [0.5, 0.6) is 0 Å². The first kappa shape index (κ1) is 18.9. The van der Waals surface area contributed by atoms with Crippen LogP contribution in [-0.2, 0) is 24.3 Å². The van der Waals surface area contributed by atoms with Crippen LogP contribution in [0.3, 0.4) is 0 Å². The predicted octanol–water partition coefficient (Wildman–Crippen LogP) is 4.06. The number of imidazole rings is 1. The molecule has 2 aromatic heterocycles. The molecule has 0 fully saturated rings. The van der Waals surface area contributed by atoms with Crippen LogP contribution < -0.4 is 5.69 Å². The number of carbonyl (C=O) groups is 1. The molecule has 3 heterocycles. The van der Waals surface area contributed by atoms with Crippen molar-refractivity contribution in [2.75, 3.05) is 6.54 Å². The van der Waals surface area contributed by atoms with E-state index in [2.05, 4.69) is 23.6 Å². The zero-order chi connectivity index (χ0) is 20.7. The molecule has 0 N–H and O–H groups in total. The van der Waals surface area contributed by atoms with E-state index in [4.69, 9.17) is 0 Å². The molecule has 1 aliphatic rings. The van der Waals surface area contributed by atoms with E-state index in [1.165, 1.54) is 10.4 Å². The number of hydrogen-bond donors (Lipinski definition) is 0. The molecular weight excluding hydrogens is 394 g/mol. The minimum Gasteiger partial charge on any atom is -0.330 e. The molecular formula is C24H23N3O2S. The number of carbonyl (C=O) groups excluding carboxylic acids is 1. The first-order chi connectivity index (χ1) is 14.7. The summed E-state index contributed by atoms with van der Waals surface area (Å²) in [7, 11) is 0. The standard InChI is InChI=1S/C24H23N3O2S/c1-2-25-19-10-6-7-11-20(19)27(24(25)29)16-22(28)26-14-12-21-18(13-15-30-21)23(26)17-8-4-3-5-9-17/h3-11,13,15,23H,2,12,14,16H2,1H3/t23-/m1/s1. The van der Waals surface area contributed by atoms with Crippen LogP contribution >= 0.6 is 11.3 Å². The maximum atomic E-state index is 13.5. The van der Waals surface area contributed by atoms with Crippen molar-refractivity contribution < 1.29 is 4.79 Å². The van der Waals surface area contributed by atoms with Gasteiger partial charge in [-0.3, -0.25) is 13.9 Å².